The number of hydrogen-bond donors (Lipinski definition) is 3. The van der Waals surface area contributed by atoms with E-state index in [4.69, 9.17) is 0 Å². The van der Waals surface area contributed by atoms with Gasteiger partial charge in [-0.1, -0.05) is 30.3 Å². The van der Waals surface area contributed by atoms with Crippen LogP contribution in [0.4, 0.5) is 24.5 Å². The second-order valence-electron chi connectivity index (χ2n) is 6.28. The molecule has 1 atom stereocenters. The molecule has 0 saturated heterocycles. The molecule has 2 aromatic rings. The minimum Gasteiger partial charge on any atom is -0.378 e. The molecule has 2 aromatic carbocycles. The molecule has 29 heavy (non-hydrogen) atoms. The van der Waals surface area contributed by atoms with Gasteiger partial charge in [-0.2, -0.15) is 13.2 Å². The molecule has 156 valence electrons. The second kappa shape index (κ2) is 9.87. The monoisotopic (exact) mass is 410 g/mol. The summed E-state index contributed by atoms with van der Waals surface area (Å²) in [5.74, 6) is -0.267. The third-order valence-corrected chi connectivity index (χ3v) is 4.15. The Morgan fingerprint density at radius 1 is 1.14 bits per heavy atom. The first-order valence-corrected chi connectivity index (χ1v) is 8.83. The number of nitrogens with one attached hydrogen (secondary N) is 3. The number of carbonyl (C=O) groups excluding carboxylic acids is 1. The largest absolute Gasteiger partial charge is 0.416 e. The predicted octanol–water partition coefficient (Wildman–Crippen LogP) is 3.49. The van der Waals surface area contributed by atoms with Crippen LogP contribution in [0.2, 0.25) is 0 Å². The van der Waals surface area contributed by atoms with E-state index in [0.717, 1.165) is 17.7 Å². The van der Waals surface area contributed by atoms with E-state index in [2.05, 4.69) is 16.0 Å². The highest BCUT2D eigenvalue weighted by atomic mass is 19.4. The number of anilines is 1. The number of nitro groups is 1. The molecule has 2 rings (SSSR count). The van der Waals surface area contributed by atoms with Gasteiger partial charge < -0.3 is 16.0 Å². The average Bonchev–Trinajstić information content (AvgIpc) is 2.69. The minimum atomic E-state index is -4.67. The predicted molar refractivity (Wildman–Crippen MR) is 102 cm³/mol. The van der Waals surface area contributed by atoms with Crippen molar-refractivity contribution < 1.29 is 22.9 Å². The van der Waals surface area contributed by atoms with E-state index in [1.165, 1.54) is 0 Å². The Labute approximate surface area is 165 Å². The zero-order valence-corrected chi connectivity index (χ0v) is 15.6. The molecular formula is C19H21F3N4O3. The lowest BCUT2D eigenvalue weighted by atomic mass is 10.1. The number of amides is 1. The van der Waals surface area contributed by atoms with Gasteiger partial charge in [0.05, 0.1) is 17.0 Å². The topological polar surface area (TPSA) is 96.3 Å². The van der Waals surface area contributed by atoms with Gasteiger partial charge in [0.25, 0.3) is 5.69 Å². The summed E-state index contributed by atoms with van der Waals surface area (Å²) in [4.78, 5) is 22.0. The van der Waals surface area contributed by atoms with Crippen molar-refractivity contribution in [3.63, 3.8) is 0 Å². The number of hydrogen-bond acceptors (Lipinski definition) is 5. The highest BCUT2D eigenvalue weighted by molar-refractivity contribution is 5.78. The molecule has 0 aromatic heterocycles. The molecule has 0 saturated carbocycles. The fraction of sp³-hybridized carbons (Fsp3) is 0.316. The van der Waals surface area contributed by atoms with E-state index < -0.39 is 22.4 Å². The Morgan fingerprint density at radius 3 is 2.45 bits per heavy atom. The van der Waals surface area contributed by atoms with E-state index >= 15 is 0 Å². The van der Waals surface area contributed by atoms with Crippen LogP contribution in [-0.4, -0.2) is 30.5 Å². The van der Waals surface area contributed by atoms with Crippen molar-refractivity contribution in [1.82, 2.24) is 10.6 Å². The lowest BCUT2D eigenvalue weighted by Crippen LogP contribution is -2.37. The Morgan fingerprint density at radius 2 is 1.83 bits per heavy atom. The number of nitro benzene ring substituents is 1. The quantitative estimate of drug-likeness (QED) is 0.334. The summed E-state index contributed by atoms with van der Waals surface area (Å²) in [6.07, 6.45) is -4.67. The van der Waals surface area contributed by atoms with Gasteiger partial charge in [-0.15, -0.1) is 0 Å². The fourth-order valence-electron chi connectivity index (χ4n) is 2.58. The number of benzene rings is 2. The summed E-state index contributed by atoms with van der Waals surface area (Å²) in [6.45, 7) is 2.27. The van der Waals surface area contributed by atoms with Crippen LogP contribution in [0.1, 0.15) is 24.1 Å². The molecule has 0 radical (unpaired) electrons. The Kier molecular flexibility index (Phi) is 7.54. The molecule has 10 heteroatoms. The van der Waals surface area contributed by atoms with Crippen LogP contribution < -0.4 is 16.0 Å². The van der Waals surface area contributed by atoms with E-state index in [1.54, 1.807) is 0 Å². The van der Waals surface area contributed by atoms with Crippen LogP contribution in [0, 0.1) is 10.1 Å². The smallest absolute Gasteiger partial charge is 0.378 e. The van der Waals surface area contributed by atoms with Crippen LogP contribution in [-0.2, 0) is 11.0 Å². The molecule has 0 aliphatic carbocycles. The number of alkyl halides is 3. The van der Waals surface area contributed by atoms with Crippen molar-refractivity contribution in [3.05, 3.63) is 69.8 Å². The van der Waals surface area contributed by atoms with Gasteiger partial charge in [-0.25, -0.2) is 0 Å². The van der Waals surface area contributed by atoms with Gasteiger partial charge in [0.1, 0.15) is 5.69 Å². The van der Waals surface area contributed by atoms with Gasteiger partial charge in [0.2, 0.25) is 5.91 Å². The highest BCUT2D eigenvalue weighted by Crippen LogP contribution is 2.34. The molecule has 0 bridgehead atoms. The van der Waals surface area contributed by atoms with E-state index in [0.29, 0.717) is 6.07 Å². The summed E-state index contributed by atoms with van der Waals surface area (Å²) < 4.78 is 38.1. The number of nitrogens with zero attached hydrogens (tertiary/aromatic N) is 1. The van der Waals surface area contributed by atoms with Crippen molar-refractivity contribution in [1.29, 1.82) is 0 Å². The molecule has 0 unspecified atom stereocenters. The molecule has 0 spiro atoms. The van der Waals surface area contributed by atoms with Crippen LogP contribution in [0.15, 0.2) is 48.5 Å². The van der Waals surface area contributed by atoms with Crippen molar-refractivity contribution in [3.8, 4) is 0 Å². The van der Waals surface area contributed by atoms with Crippen molar-refractivity contribution >= 4 is 17.3 Å². The van der Waals surface area contributed by atoms with Crippen LogP contribution in [0.25, 0.3) is 0 Å². The van der Waals surface area contributed by atoms with E-state index in [9.17, 15) is 28.1 Å². The van der Waals surface area contributed by atoms with Crippen LogP contribution in [0.5, 0.6) is 0 Å². The first kappa shape index (κ1) is 22.2. The number of halogens is 3. The van der Waals surface area contributed by atoms with Gasteiger partial charge in [0, 0.05) is 25.2 Å². The van der Waals surface area contributed by atoms with Crippen LogP contribution >= 0.6 is 0 Å². The maximum absolute atomic E-state index is 12.7. The lowest BCUT2D eigenvalue weighted by Gasteiger charge is -2.14. The van der Waals surface area contributed by atoms with E-state index in [1.807, 2.05) is 37.3 Å². The van der Waals surface area contributed by atoms with Gasteiger partial charge in [0.15, 0.2) is 0 Å². The maximum Gasteiger partial charge on any atom is 0.416 e. The summed E-state index contributed by atoms with van der Waals surface area (Å²) in [6, 6.07) is 11.8. The first-order valence-electron chi connectivity index (χ1n) is 8.83. The average molecular weight is 410 g/mol. The summed E-state index contributed by atoms with van der Waals surface area (Å²) in [5.41, 5.74) is -0.782. The van der Waals surface area contributed by atoms with Gasteiger partial charge in [-0.05, 0) is 24.6 Å². The van der Waals surface area contributed by atoms with Gasteiger partial charge >= 0.3 is 6.18 Å². The third-order valence-electron chi connectivity index (χ3n) is 4.15. The molecular weight excluding hydrogens is 389 g/mol. The van der Waals surface area contributed by atoms with E-state index in [-0.39, 0.29) is 37.3 Å². The SMILES string of the molecule is C[C@H](NCC(=O)NCCNc1ccc(C(F)(F)F)cc1[N+](=O)[O-])c1ccccc1. The zero-order valence-electron chi connectivity index (χ0n) is 15.6. The molecule has 0 aliphatic rings. The molecule has 3 N–H and O–H groups in total. The second-order valence-corrected chi connectivity index (χ2v) is 6.28. The summed E-state index contributed by atoms with van der Waals surface area (Å²) in [5, 5.41) is 19.4. The Balaban J connectivity index is 1.79. The molecule has 0 heterocycles. The van der Waals surface area contributed by atoms with Crippen molar-refractivity contribution in [2.24, 2.45) is 0 Å². The number of carbonyl (C=O) groups is 1. The maximum atomic E-state index is 12.7. The van der Waals surface area contributed by atoms with Crippen molar-refractivity contribution in [2.75, 3.05) is 25.0 Å². The molecule has 0 fully saturated rings. The van der Waals surface area contributed by atoms with Crippen molar-refractivity contribution in [2.45, 2.75) is 19.1 Å². The standard InChI is InChI=1S/C19H21F3N4O3/c1-13(14-5-3-2-4-6-14)25-12-18(27)24-10-9-23-16-8-7-15(19(20,21)22)11-17(16)26(28)29/h2-8,11,13,23,25H,9-10,12H2,1H3,(H,24,27)/t13-/m0/s1. The molecule has 1 amide bonds. The normalized spacial score (nSPS) is 12.3. The molecule has 7 nitrogen and oxygen atoms in total. The summed E-state index contributed by atoms with van der Waals surface area (Å²) >= 11 is 0. The summed E-state index contributed by atoms with van der Waals surface area (Å²) in [7, 11) is 0. The lowest BCUT2D eigenvalue weighted by molar-refractivity contribution is -0.384. The van der Waals surface area contributed by atoms with Crippen LogP contribution in [0.3, 0.4) is 0 Å². The minimum absolute atomic E-state index is 0.0186. The zero-order chi connectivity index (χ0) is 21.4. The number of rotatable bonds is 9. The Bertz CT molecular complexity index is 844. The molecule has 0 aliphatic heterocycles. The third kappa shape index (κ3) is 6.75. The Hall–Kier alpha value is -3.14. The van der Waals surface area contributed by atoms with Gasteiger partial charge in [-0.3, -0.25) is 14.9 Å². The highest BCUT2D eigenvalue weighted by Gasteiger charge is 2.32. The first-order chi connectivity index (χ1) is 13.7. The fourth-order valence-corrected chi connectivity index (χ4v) is 2.58.